The predicted molar refractivity (Wildman–Crippen MR) is 38.0 cm³/mol. The summed E-state index contributed by atoms with van der Waals surface area (Å²) >= 11 is 0. The number of hydrogen-bond acceptors (Lipinski definition) is 1. The molecular weight excluding hydrogens is 112 g/mol. The molecule has 9 heavy (non-hydrogen) atoms. The largest absolute Gasteiger partial charge is 0.272 e. The summed E-state index contributed by atoms with van der Waals surface area (Å²) in [7, 11) is 0. The molecule has 0 aliphatic heterocycles. The van der Waals surface area contributed by atoms with Crippen molar-refractivity contribution < 1.29 is 0 Å². The average Bonchev–Trinajstić information content (AvgIpc) is 2.34. The van der Waals surface area contributed by atoms with E-state index in [1.807, 2.05) is 16.9 Å². The molecule has 0 atom stereocenters. The first-order valence-electron chi connectivity index (χ1n) is 3.02. The second-order valence-corrected chi connectivity index (χ2v) is 1.80. The third kappa shape index (κ3) is 1.19. The van der Waals surface area contributed by atoms with E-state index in [0.29, 0.717) is 0 Å². The summed E-state index contributed by atoms with van der Waals surface area (Å²) in [6, 6.07) is 1.94. The van der Waals surface area contributed by atoms with Crippen LogP contribution >= 0.6 is 0 Å². The third-order valence-electron chi connectivity index (χ3n) is 1.19. The van der Waals surface area contributed by atoms with E-state index in [-0.39, 0.29) is 0 Å². The van der Waals surface area contributed by atoms with Gasteiger partial charge in [0.25, 0.3) is 0 Å². The quantitative estimate of drug-likeness (QED) is 0.582. The van der Waals surface area contributed by atoms with Crippen LogP contribution in [0.15, 0.2) is 18.8 Å². The van der Waals surface area contributed by atoms with Crippen molar-refractivity contribution in [2.45, 2.75) is 13.5 Å². The molecule has 0 aliphatic carbocycles. The zero-order chi connectivity index (χ0) is 6.69. The fourth-order valence-electron chi connectivity index (χ4n) is 0.662. The molecule has 0 N–H and O–H groups in total. The normalized spacial score (nSPS) is 9.44. The van der Waals surface area contributed by atoms with E-state index in [0.717, 1.165) is 12.2 Å². The zero-order valence-corrected chi connectivity index (χ0v) is 5.54. The Kier molecular flexibility index (Phi) is 1.68. The fraction of sp³-hybridized carbons (Fsp3) is 0.286. The van der Waals surface area contributed by atoms with Gasteiger partial charge in [-0.15, -0.1) is 0 Å². The molecule has 0 aliphatic rings. The monoisotopic (exact) mass is 122 g/mol. The summed E-state index contributed by atoms with van der Waals surface area (Å²) < 4.78 is 1.87. The molecule has 2 heteroatoms. The highest BCUT2D eigenvalue weighted by Gasteiger charge is 1.88. The van der Waals surface area contributed by atoms with E-state index in [9.17, 15) is 0 Å². The van der Waals surface area contributed by atoms with Crippen molar-refractivity contribution >= 4 is 6.08 Å². The molecule has 0 fully saturated rings. The summed E-state index contributed by atoms with van der Waals surface area (Å²) in [6.07, 6.45) is 3.68. The van der Waals surface area contributed by atoms with E-state index in [1.54, 1.807) is 6.08 Å². The molecule has 0 radical (unpaired) electrons. The van der Waals surface area contributed by atoms with Gasteiger partial charge in [0.15, 0.2) is 0 Å². The van der Waals surface area contributed by atoms with Gasteiger partial charge in [-0.1, -0.05) is 6.58 Å². The number of hydrogen-bond donors (Lipinski definition) is 0. The first-order valence-corrected chi connectivity index (χ1v) is 3.02. The molecule has 1 rings (SSSR count). The van der Waals surface area contributed by atoms with Gasteiger partial charge in [-0.2, -0.15) is 5.10 Å². The average molecular weight is 122 g/mol. The summed E-state index contributed by atoms with van der Waals surface area (Å²) in [5.74, 6) is 0. The first kappa shape index (κ1) is 6.08. The van der Waals surface area contributed by atoms with Crippen LogP contribution in [-0.2, 0) is 6.54 Å². The molecule has 1 aromatic heterocycles. The Labute approximate surface area is 54.8 Å². The van der Waals surface area contributed by atoms with E-state index < -0.39 is 0 Å². The highest BCUT2D eigenvalue weighted by atomic mass is 15.3. The van der Waals surface area contributed by atoms with Crippen LogP contribution in [-0.4, -0.2) is 9.78 Å². The molecule has 1 heterocycles. The van der Waals surface area contributed by atoms with Crippen molar-refractivity contribution in [1.82, 2.24) is 9.78 Å². The van der Waals surface area contributed by atoms with Gasteiger partial charge in [0, 0.05) is 12.7 Å². The minimum Gasteiger partial charge on any atom is -0.272 e. The predicted octanol–water partition coefficient (Wildman–Crippen LogP) is 1.55. The lowest BCUT2D eigenvalue weighted by molar-refractivity contribution is 0.658. The van der Waals surface area contributed by atoms with Crippen molar-refractivity contribution in [3.63, 3.8) is 0 Å². The molecule has 0 saturated carbocycles. The molecular formula is C7H10N2. The van der Waals surface area contributed by atoms with Crippen molar-refractivity contribution in [3.8, 4) is 0 Å². The van der Waals surface area contributed by atoms with Crippen LogP contribution < -0.4 is 0 Å². The van der Waals surface area contributed by atoms with Crippen molar-refractivity contribution in [1.29, 1.82) is 0 Å². The van der Waals surface area contributed by atoms with Crippen LogP contribution in [0.5, 0.6) is 0 Å². The van der Waals surface area contributed by atoms with Gasteiger partial charge in [-0.25, -0.2) is 0 Å². The van der Waals surface area contributed by atoms with Crippen LogP contribution in [0.1, 0.15) is 12.6 Å². The second kappa shape index (κ2) is 2.49. The van der Waals surface area contributed by atoms with Crippen molar-refractivity contribution in [2.75, 3.05) is 0 Å². The Bertz CT molecular complexity index is 200. The second-order valence-electron chi connectivity index (χ2n) is 1.80. The summed E-state index contributed by atoms with van der Waals surface area (Å²) in [5.41, 5.74) is 0.942. The maximum Gasteiger partial charge on any atom is 0.0845 e. The number of nitrogens with zero attached hydrogens (tertiary/aromatic N) is 2. The highest BCUT2D eigenvalue weighted by molar-refractivity contribution is 5.39. The van der Waals surface area contributed by atoms with Gasteiger partial charge in [-0.05, 0) is 19.1 Å². The Morgan fingerprint density at radius 1 is 1.89 bits per heavy atom. The minimum atomic E-state index is 0.924. The van der Waals surface area contributed by atoms with Gasteiger partial charge in [0.2, 0.25) is 0 Å². The van der Waals surface area contributed by atoms with Gasteiger partial charge < -0.3 is 0 Å². The van der Waals surface area contributed by atoms with Gasteiger partial charge in [0.05, 0.1) is 5.69 Å². The van der Waals surface area contributed by atoms with Crippen LogP contribution in [0.3, 0.4) is 0 Å². The van der Waals surface area contributed by atoms with Gasteiger partial charge in [0.1, 0.15) is 0 Å². The molecule has 0 aromatic carbocycles. The van der Waals surface area contributed by atoms with E-state index in [2.05, 4.69) is 18.6 Å². The van der Waals surface area contributed by atoms with Crippen molar-refractivity contribution in [3.05, 3.63) is 24.5 Å². The van der Waals surface area contributed by atoms with E-state index in [1.165, 1.54) is 0 Å². The lowest BCUT2D eigenvalue weighted by Gasteiger charge is -1.89. The van der Waals surface area contributed by atoms with Gasteiger partial charge >= 0.3 is 0 Å². The summed E-state index contributed by atoms with van der Waals surface area (Å²) in [5, 5.41) is 4.15. The molecule has 0 amide bonds. The molecule has 2 nitrogen and oxygen atoms in total. The number of aryl methyl sites for hydroxylation is 1. The van der Waals surface area contributed by atoms with Crippen LogP contribution in [0.25, 0.3) is 6.08 Å². The zero-order valence-electron chi connectivity index (χ0n) is 5.54. The van der Waals surface area contributed by atoms with Gasteiger partial charge in [-0.3, -0.25) is 4.68 Å². The Morgan fingerprint density at radius 2 is 2.67 bits per heavy atom. The maximum absolute atomic E-state index is 4.15. The van der Waals surface area contributed by atoms with Crippen LogP contribution in [0.4, 0.5) is 0 Å². The van der Waals surface area contributed by atoms with Crippen LogP contribution in [0, 0.1) is 0 Å². The van der Waals surface area contributed by atoms with E-state index >= 15 is 0 Å². The standard InChI is InChI=1S/C7H10N2/c1-3-7-5-6-9(4-2)8-7/h3,5-6H,1,4H2,2H3. The SMILES string of the molecule is C=Cc1ccn(CC)n1. The fourth-order valence-corrected chi connectivity index (χ4v) is 0.662. The molecule has 0 saturated heterocycles. The third-order valence-corrected chi connectivity index (χ3v) is 1.19. The van der Waals surface area contributed by atoms with E-state index in [4.69, 9.17) is 0 Å². The number of aromatic nitrogens is 2. The lowest BCUT2D eigenvalue weighted by atomic mass is 10.4. The Hall–Kier alpha value is -1.05. The summed E-state index contributed by atoms with van der Waals surface area (Å²) in [6.45, 7) is 6.58. The molecule has 48 valence electrons. The maximum atomic E-state index is 4.15. The molecule has 0 spiro atoms. The Balaban J connectivity index is 2.86. The van der Waals surface area contributed by atoms with Crippen LogP contribution in [0.2, 0.25) is 0 Å². The number of rotatable bonds is 2. The molecule has 0 unspecified atom stereocenters. The Morgan fingerprint density at radius 3 is 3.00 bits per heavy atom. The first-order chi connectivity index (χ1) is 4.36. The van der Waals surface area contributed by atoms with Crippen molar-refractivity contribution in [2.24, 2.45) is 0 Å². The summed E-state index contributed by atoms with van der Waals surface area (Å²) in [4.78, 5) is 0. The highest BCUT2D eigenvalue weighted by Crippen LogP contribution is 1.95. The smallest absolute Gasteiger partial charge is 0.0845 e. The lowest BCUT2D eigenvalue weighted by Crippen LogP contribution is -1.93. The minimum absolute atomic E-state index is 0.924. The topological polar surface area (TPSA) is 17.8 Å². The molecule has 0 bridgehead atoms. The molecule has 1 aromatic rings.